The van der Waals surface area contributed by atoms with E-state index < -0.39 is 44.2 Å². The zero-order valence-corrected chi connectivity index (χ0v) is 38.3. The van der Waals surface area contributed by atoms with Crippen LogP contribution < -0.4 is 20.5 Å². The third-order valence-electron chi connectivity index (χ3n) is 10.6. The van der Waals surface area contributed by atoms with Gasteiger partial charge in [-0.25, -0.2) is 9.46 Å². The standard InChI is InChI=1S/C47H60N5O10P/c1-32(2)52(33(3)4)63(60-30-14-27-48)62-44-41(17-12-13-29-58-35(6)54)45(51-28-26-43(49-34(5)53)50-46(51)55)61-42(44)31-59-47(36-15-10-9-11-16-36,37-18-22-39(56-7)23-19-37)38-20-24-40(57-8)25-21-38/h9-11,15-16,18-26,28,32-33,41-42,44-45H,12-14,17,29-31H2,1-8H3,(H,49,50,53,55)/t41-,42-,44+,45-,63?/m1/s1. The van der Waals surface area contributed by atoms with Crippen LogP contribution in [0.5, 0.6) is 11.5 Å². The summed E-state index contributed by atoms with van der Waals surface area (Å²) < 4.78 is 48.0. The van der Waals surface area contributed by atoms with E-state index in [1.54, 1.807) is 26.5 Å². The zero-order valence-electron chi connectivity index (χ0n) is 37.4. The molecule has 1 aliphatic heterocycles. The first kappa shape index (κ1) is 48.8. The van der Waals surface area contributed by atoms with Gasteiger partial charge in [-0.05, 0) is 94.0 Å². The molecule has 0 saturated carbocycles. The minimum Gasteiger partial charge on any atom is -0.497 e. The summed E-state index contributed by atoms with van der Waals surface area (Å²) in [6.45, 7) is 11.3. The summed E-state index contributed by atoms with van der Waals surface area (Å²) in [6.07, 6.45) is 0.898. The molecule has 5 rings (SSSR count). The van der Waals surface area contributed by atoms with Crippen LogP contribution in [-0.2, 0) is 38.4 Å². The molecule has 4 aromatic rings. The largest absolute Gasteiger partial charge is 0.497 e. The van der Waals surface area contributed by atoms with Crippen molar-refractivity contribution in [3.05, 3.63) is 118 Å². The number of anilines is 1. The lowest BCUT2D eigenvalue weighted by Gasteiger charge is -2.39. The molecule has 1 fully saturated rings. The predicted molar refractivity (Wildman–Crippen MR) is 239 cm³/mol. The van der Waals surface area contributed by atoms with Crippen LogP contribution in [0, 0.1) is 17.2 Å². The zero-order chi connectivity index (χ0) is 45.5. The Hall–Kier alpha value is -5.20. The summed E-state index contributed by atoms with van der Waals surface area (Å²) in [7, 11) is 1.43. The fraction of sp³-hybridized carbons (Fsp3) is 0.468. The van der Waals surface area contributed by atoms with E-state index in [0.717, 1.165) is 16.7 Å². The van der Waals surface area contributed by atoms with Crippen molar-refractivity contribution in [2.75, 3.05) is 39.4 Å². The second-order valence-corrected chi connectivity index (χ2v) is 17.1. The van der Waals surface area contributed by atoms with Crippen LogP contribution in [0.15, 0.2) is 95.9 Å². The Labute approximate surface area is 371 Å². The highest BCUT2D eigenvalue weighted by molar-refractivity contribution is 7.44. The maximum absolute atomic E-state index is 13.9. The molecule has 2 heterocycles. The molecule has 15 nitrogen and oxygen atoms in total. The summed E-state index contributed by atoms with van der Waals surface area (Å²) >= 11 is 0. The Morgan fingerprint density at radius 3 is 2.02 bits per heavy atom. The minimum atomic E-state index is -1.80. The lowest BCUT2D eigenvalue weighted by molar-refractivity contribution is -0.141. The molecule has 0 radical (unpaired) electrons. The number of amides is 1. The van der Waals surface area contributed by atoms with E-state index in [2.05, 4.69) is 48.7 Å². The van der Waals surface area contributed by atoms with Gasteiger partial charge in [-0.1, -0.05) is 54.6 Å². The summed E-state index contributed by atoms with van der Waals surface area (Å²) in [5.74, 6) is 0.240. The van der Waals surface area contributed by atoms with Gasteiger partial charge >= 0.3 is 11.7 Å². The highest BCUT2D eigenvalue weighted by atomic mass is 31.2. The molecule has 16 heteroatoms. The first-order valence-corrected chi connectivity index (χ1v) is 22.3. The topological polar surface area (TPSA) is 173 Å². The Bertz CT molecular complexity index is 2110. The van der Waals surface area contributed by atoms with Crippen molar-refractivity contribution in [1.29, 1.82) is 5.26 Å². The number of methoxy groups -OCH3 is 2. The summed E-state index contributed by atoms with van der Waals surface area (Å²) in [4.78, 5) is 41.6. The molecular weight excluding hydrogens is 826 g/mol. The lowest BCUT2D eigenvalue weighted by atomic mass is 9.80. The Morgan fingerprint density at radius 1 is 0.889 bits per heavy atom. The third kappa shape index (κ3) is 12.5. The van der Waals surface area contributed by atoms with Crippen LogP contribution in [0.3, 0.4) is 0 Å². The average Bonchev–Trinajstić information content (AvgIpc) is 3.59. The predicted octanol–water partition coefficient (Wildman–Crippen LogP) is 8.14. The number of esters is 1. The van der Waals surface area contributed by atoms with Crippen LogP contribution in [-0.4, -0.2) is 84.4 Å². The summed E-state index contributed by atoms with van der Waals surface area (Å²) in [5.41, 5.74) is 0.632. The molecule has 5 atom stereocenters. The van der Waals surface area contributed by atoms with Gasteiger partial charge < -0.3 is 38.0 Å². The number of hydrogen-bond donors (Lipinski definition) is 1. The monoisotopic (exact) mass is 885 g/mol. The molecule has 0 bridgehead atoms. The number of unbranched alkanes of at least 4 members (excludes halogenated alkanes) is 1. The summed E-state index contributed by atoms with van der Waals surface area (Å²) in [6, 6.07) is 29.1. The van der Waals surface area contributed by atoms with E-state index in [1.807, 2.05) is 78.9 Å². The molecule has 0 aliphatic carbocycles. The number of nitrogens with zero attached hydrogens (tertiary/aromatic N) is 4. The van der Waals surface area contributed by atoms with Gasteiger partial charge in [-0.15, -0.1) is 0 Å². The maximum atomic E-state index is 13.9. The number of aromatic nitrogens is 2. The second kappa shape index (κ2) is 23.5. The van der Waals surface area contributed by atoms with Gasteiger partial charge in [0.2, 0.25) is 5.91 Å². The molecule has 63 heavy (non-hydrogen) atoms. The first-order valence-electron chi connectivity index (χ1n) is 21.2. The van der Waals surface area contributed by atoms with E-state index in [4.69, 9.17) is 32.7 Å². The van der Waals surface area contributed by atoms with E-state index in [9.17, 15) is 19.6 Å². The SMILES string of the molecule is COc1ccc(C(OC[C@H]2O[C@@H](n3ccc(NC(C)=O)nc3=O)[C@H](CCCCOC(C)=O)[C@@H]2OP(OCCC#N)N(C(C)C)C(C)C)(c2ccccc2)c2ccc(OC)cc2)cc1. The number of hydrogen-bond acceptors (Lipinski definition) is 13. The lowest BCUT2D eigenvalue weighted by Crippen LogP contribution is -2.41. The molecule has 1 N–H and O–H groups in total. The van der Waals surface area contributed by atoms with Gasteiger partial charge in [0.25, 0.3) is 8.53 Å². The van der Waals surface area contributed by atoms with Gasteiger partial charge in [-0.3, -0.25) is 14.2 Å². The van der Waals surface area contributed by atoms with Crippen LogP contribution in [0.4, 0.5) is 5.82 Å². The number of rotatable bonds is 23. The molecule has 1 amide bonds. The van der Waals surface area contributed by atoms with E-state index >= 15 is 0 Å². The Morgan fingerprint density at radius 2 is 1.49 bits per heavy atom. The number of benzene rings is 3. The fourth-order valence-electron chi connectivity index (χ4n) is 7.89. The number of nitrogens with one attached hydrogen (secondary N) is 1. The van der Waals surface area contributed by atoms with Gasteiger partial charge in [0.15, 0.2) is 0 Å². The minimum absolute atomic E-state index is 0.00258. The number of carbonyl (C=O) groups excluding carboxylic acids is 2. The fourth-order valence-corrected chi connectivity index (χ4v) is 9.69. The van der Waals surface area contributed by atoms with Crippen molar-refractivity contribution in [2.45, 2.75) is 103 Å². The van der Waals surface area contributed by atoms with E-state index in [0.29, 0.717) is 30.8 Å². The number of ether oxygens (including phenoxy) is 5. The van der Waals surface area contributed by atoms with Crippen LogP contribution in [0.1, 0.15) is 90.1 Å². The van der Waals surface area contributed by atoms with Crippen LogP contribution in [0.25, 0.3) is 0 Å². The van der Waals surface area contributed by atoms with Crippen LogP contribution in [0.2, 0.25) is 0 Å². The molecular formula is C47H60N5O10P. The molecule has 1 aliphatic rings. The van der Waals surface area contributed by atoms with Gasteiger partial charge in [0.05, 0.1) is 46.5 Å². The quantitative estimate of drug-likeness (QED) is 0.0328. The number of nitriles is 1. The smallest absolute Gasteiger partial charge is 0.351 e. The van der Waals surface area contributed by atoms with E-state index in [1.165, 1.54) is 18.4 Å². The normalized spacial score (nSPS) is 18.0. The van der Waals surface area contributed by atoms with Gasteiger partial charge in [0.1, 0.15) is 41.4 Å². The van der Waals surface area contributed by atoms with Gasteiger partial charge in [-0.2, -0.15) is 10.2 Å². The van der Waals surface area contributed by atoms with Gasteiger partial charge in [0, 0.05) is 38.0 Å². The van der Waals surface area contributed by atoms with E-state index in [-0.39, 0.29) is 56.0 Å². The van der Waals surface area contributed by atoms with Crippen molar-refractivity contribution in [3.8, 4) is 17.6 Å². The molecule has 1 saturated heterocycles. The van der Waals surface area contributed by atoms with Crippen LogP contribution >= 0.6 is 8.53 Å². The molecule has 3 aromatic carbocycles. The molecule has 0 spiro atoms. The highest BCUT2D eigenvalue weighted by Crippen LogP contribution is 2.53. The van der Waals surface area contributed by atoms with Crippen molar-refractivity contribution in [3.63, 3.8) is 0 Å². The Kier molecular flexibility index (Phi) is 18.2. The average molecular weight is 886 g/mol. The maximum Gasteiger partial charge on any atom is 0.351 e. The second-order valence-electron chi connectivity index (χ2n) is 15.7. The van der Waals surface area contributed by atoms with Crippen molar-refractivity contribution >= 4 is 26.2 Å². The van der Waals surface area contributed by atoms with Crippen molar-refractivity contribution in [1.82, 2.24) is 14.2 Å². The third-order valence-corrected chi connectivity index (χ3v) is 12.8. The first-order chi connectivity index (χ1) is 30.3. The van der Waals surface area contributed by atoms with Crippen molar-refractivity contribution in [2.24, 2.45) is 5.92 Å². The number of carbonyl (C=O) groups is 2. The highest BCUT2D eigenvalue weighted by Gasteiger charge is 2.50. The van der Waals surface area contributed by atoms with Crippen molar-refractivity contribution < 1.29 is 42.3 Å². The Balaban J connectivity index is 1.68. The molecule has 1 aromatic heterocycles. The molecule has 1 unspecified atom stereocenters. The summed E-state index contributed by atoms with van der Waals surface area (Å²) in [5, 5.41) is 12.1. The molecule has 338 valence electrons.